The number of aliphatic hydroxyl groups excluding tert-OH is 2. The average molecular weight is 971 g/mol. The molecule has 0 aliphatic rings. The van der Waals surface area contributed by atoms with E-state index in [1.807, 2.05) is 0 Å². The Hall–Kier alpha value is -7.17. The summed E-state index contributed by atoms with van der Waals surface area (Å²) in [6, 6.07) is 5.20. The monoisotopic (exact) mass is 969 g/mol. The van der Waals surface area contributed by atoms with Crippen molar-refractivity contribution in [3.63, 3.8) is 0 Å². The summed E-state index contributed by atoms with van der Waals surface area (Å²) < 4.78 is 0. The lowest BCUT2D eigenvalue weighted by Gasteiger charge is -2.29. The van der Waals surface area contributed by atoms with Gasteiger partial charge in [0, 0.05) is 0 Å². The van der Waals surface area contributed by atoms with E-state index in [0.29, 0.717) is 0 Å². The molecule has 4 rings (SSSR count). The topological polar surface area (TPSA) is 373 Å². The maximum absolute atomic E-state index is 14.4. The number of phenolic OH excluding ortho intramolecular Hbond substituents is 4. The fourth-order valence-electron chi connectivity index (χ4n) is 6.55. The van der Waals surface area contributed by atoms with Crippen LogP contribution in [0.15, 0.2) is 84.9 Å². The highest BCUT2D eigenvalue weighted by Crippen LogP contribution is 2.30. The van der Waals surface area contributed by atoms with Crippen molar-refractivity contribution in [2.45, 2.75) is 75.1 Å². The third-order valence-corrected chi connectivity index (χ3v) is 10.7. The van der Waals surface area contributed by atoms with Crippen molar-refractivity contribution < 1.29 is 69.3 Å². The van der Waals surface area contributed by atoms with Gasteiger partial charge in [-0.25, -0.2) is 4.79 Å². The number of aliphatic carboxylic acids is 1. The van der Waals surface area contributed by atoms with Crippen LogP contribution >= 0.6 is 23.2 Å². The number of carbonyl (C=O) groups is 7. The molecule has 358 valence electrons. The van der Waals surface area contributed by atoms with Crippen LogP contribution in [0.2, 0.25) is 10.0 Å². The Balaban J connectivity index is 1.70. The van der Waals surface area contributed by atoms with Crippen molar-refractivity contribution in [3.05, 3.63) is 117 Å². The second-order valence-electron chi connectivity index (χ2n) is 15.7. The molecular formula is C44H49Cl2N7O14. The van der Waals surface area contributed by atoms with Crippen molar-refractivity contribution in [2.24, 2.45) is 17.4 Å². The van der Waals surface area contributed by atoms with Gasteiger partial charge in [0.1, 0.15) is 59.4 Å². The van der Waals surface area contributed by atoms with E-state index in [-0.39, 0.29) is 67.6 Å². The zero-order valence-corrected chi connectivity index (χ0v) is 37.1. The number of hydrogen-bond donors (Lipinski definition) is 14. The first-order chi connectivity index (χ1) is 31.5. The van der Waals surface area contributed by atoms with Gasteiger partial charge in [0.2, 0.25) is 35.4 Å². The molecule has 8 atom stereocenters. The van der Waals surface area contributed by atoms with E-state index in [2.05, 4.69) is 26.6 Å². The maximum Gasteiger partial charge on any atom is 0.329 e. The minimum absolute atomic E-state index is 0.0562. The third-order valence-electron chi connectivity index (χ3n) is 10.1. The Morgan fingerprint density at radius 3 is 1.37 bits per heavy atom. The molecule has 4 aromatic carbocycles. The normalized spacial score (nSPS) is 14.7. The summed E-state index contributed by atoms with van der Waals surface area (Å²) >= 11 is 12.0. The molecule has 67 heavy (non-hydrogen) atoms. The molecule has 0 radical (unpaired) electrons. The predicted molar refractivity (Wildman–Crippen MR) is 239 cm³/mol. The van der Waals surface area contributed by atoms with Gasteiger partial charge in [-0.05, 0) is 83.1 Å². The molecule has 0 heterocycles. The van der Waals surface area contributed by atoms with E-state index in [1.165, 1.54) is 30.3 Å². The maximum atomic E-state index is 14.4. The first kappa shape index (κ1) is 52.5. The average Bonchev–Trinajstić information content (AvgIpc) is 3.26. The molecule has 6 amide bonds. The molecule has 21 nitrogen and oxygen atoms in total. The molecule has 0 fully saturated rings. The van der Waals surface area contributed by atoms with Crippen LogP contribution in [0.5, 0.6) is 23.0 Å². The molecule has 0 spiro atoms. The number of nitrogens with one attached hydrogen (secondary N) is 5. The predicted octanol–water partition coefficient (Wildman–Crippen LogP) is 1.09. The lowest BCUT2D eigenvalue weighted by molar-refractivity contribution is -0.146. The zero-order chi connectivity index (χ0) is 49.9. The van der Waals surface area contributed by atoms with Crippen molar-refractivity contribution in [3.8, 4) is 23.0 Å². The summed E-state index contributed by atoms with van der Waals surface area (Å²) in [6.45, 7) is 3.56. The lowest BCUT2D eigenvalue weighted by Crippen LogP contribution is -2.59. The number of rotatable bonds is 21. The molecule has 0 aliphatic heterocycles. The van der Waals surface area contributed by atoms with Gasteiger partial charge < -0.3 is 73.8 Å². The van der Waals surface area contributed by atoms with Gasteiger partial charge in [-0.2, -0.15) is 0 Å². The second kappa shape index (κ2) is 23.3. The number of aliphatic hydroxyl groups is 2. The van der Waals surface area contributed by atoms with E-state index >= 15 is 0 Å². The molecule has 23 heteroatoms. The first-order valence-electron chi connectivity index (χ1n) is 20.2. The van der Waals surface area contributed by atoms with Crippen LogP contribution in [0.1, 0.15) is 73.2 Å². The number of hydrogen-bond acceptors (Lipinski definition) is 14. The molecule has 0 unspecified atom stereocenters. The summed E-state index contributed by atoms with van der Waals surface area (Å²) in [6.07, 6.45) is -4.66. The number of amides is 6. The van der Waals surface area contributed by atoms with Gasteiger partial charge in [-0.15, -0.1) is 0 Å². The van der Waals surface area contributed by atoms with Crippen LogP contribution in [-0.4, -0.2) is 101 Å². The van der Waals surface area contributed by atoms with E-state index in [4.69, 9.17) is 34.7 Å². The number of halogens is 2. The Kier molecular flexibility index (Phi) is 18.3. The van der Waals surface area contributed by atoms with Crippen molar-refractivity contribution >= 4 is 64.6 Å². The highest BCUT2D eigenvalue weighted by Gasteiger charge is 2.38. The number of nitrogens with two attached hydrogens (primary N) is 2. The van der Waals surface area contributed by atoms with Crippen molar-refractivity contribution in [2.75, 3.05) is 0 Å². The molecule has 0 bridgehead atoms. The third kappa shape index (κ3) is 14.4. The Bertz CT molecular complexity index is 2460. The van der Waals surface area contributed by atoms with Gasteiger partial charge in [-0.1, -0.05) is 73.4 Å². The highest BCUT2D eigenvalue weighted by molar-refractivity contribution is 6.32. The van der Waals surface area contributed by atoms with Gasteiger partial charge in [-0.3, -0.25) is 28.8 Å². The number of carboxylic acids is 1. The van der Waals surface area contributed by atoms with E-state index < -0.39 is 96.3 Å². The minimum Gasteiger partial charge on any atom is -0.508 e. The molecule has 4 aromatic rings. The van der Waals surface area contributed by atoms with Gasteiger partial charge >= 0.3 is 5.97 Å². The second-order valence-corrected chi connectivity index (χ2v) is 16.5. The smallest absolute Gasteiger partial charge is 0.329 e. The van der Waals surface area contributed by atoms with Crippen LogP contribution in [0.3, 0.4) is 0 Å². The number of aromatic hydroxyl groups is 4. The molecular weight excluding hydrogens is 921 g/mol. The van der Waals surface area contributed by atoms with Crippen LogP contribution in [0, 0.1) is 5.92 Å². The van der Waals surface area contributed by atoms with Crippen LogP contribution < -0.4 is 38.1 Å². The molecule has 0 saturated heterocycles. The molecule has 0 aromatic heterocycles. The fourth-order valence-corrected chi connectivity index (χ4v) is 6.93. The molecule has 16 N–H and O–H groups in total. The number of carboxylic acid groups (broad SMARTS) is 1. The summed E-state index contributed by atoms with van der Waals surface area (Å²) in [5.41, 5.74) is 11.2. The fraction of sp³-hybridized carbons (Fsp3) is 0.295. The largest absolute Gasteiger partial charge is 0.508 e. The highest BCUT2D eigenvalue weighted by atomic mass is 35.5. The van der Waals surface area contributed by atoms with E-state index in [9.17, 15) is 69.3 Å². The van der Waals surface area contributed by atoms with Gasteiger partial charge in [0.25, 0.3) is 0 Å². The van der Waals surface area contributed by atoms with Crippen LogP contribution in [0.4, 0.5) is 0 Å². The quantitative estimate of drug-likeness (QED) is 0.0556. The summed E-state index contributed by atoms with van der Waals surface area (Å²) in [4.78, 5) is 94.6. The zero-order valence-electron chi connectivity index (χ0n) is 35.6. The molecule has 0 saturated carbocycles. The van der Waals surface area contributed by atoms with Gasteiger partial charge in [0.05, 0.1) is 22.5 Å². The Morgan fingerprint density at radius 2 is 0.955 bits per heavy atom. The van der Waals surface area contributed by atoms with Crippen LogP contribution in [-0.2, 0) is 33.6 Å². The Labute approximate surface area is 392 Å². The van der Waals surface area contributed by atoms with Crippen LogP contribution in [0.25, 0.3) is 0 Å². The number of carbonyl (C=O) groups excluding carboxylic acids is 6. The number of phenols is 4. The summed E-state index contributed by atoms with van der Waals surface area (Å²) in [7, 11) is 0. The van der Waals surface area contributed by atoms with E-state index in [0.717, 1.165) is 54.6 Å². The number of primary amides is 1. The van der Waals surface area contributed by atoms with Crippen molar-refractivity contribution in [1.82, 2.24) is 26.6 Å². The summed E-state index contributed by atoms with van der Waals surface area (Å²) in [5, 5.41) is 83.3. The SMILES string of the molecule is CC(C)C[C@@H](N)C(=O)N[C@H](C(=O)N[C@@H](CC(N)=O)C(=O)N[C@@H](C(=O)N[C@@H](C(=O)N[C@H](C(=O)O)[C@H](O)c1ccc(O)c(Cl)c1)c1ccc(O)cc1)c1ccc(O)cc1)[C@H](O)c1ccc(O)c(Cl)c1. The number of benzene rings is 4. The Morgan fingerprint density at radius 1 is 0.552 bits per heavy atom. The standard InChI is InChI=1S/C44H49Cl2N7O14/c1-19(2)15-28(47)39(61)52-35(37(59)22-7-13-30(56)26(45)16-22)43(65)49-29(18-32(48)58)40(62)50-33(20-3-9-24(54)10-4-20)41(63)51-34(21-5-11-25(55)12-6-21)42(64)53-36(44(66)67)38(60)23-8-14-31(57)27(46)17-23/h3-14,16-17,19,28-29,33-38,54-57,59-60H,15,18,47H2,1-2H3,(H2,48,58)(H,49,65)(H,50,62)(H,51,63)(H,52,61)(H,53,64)(H,66,67)/t28-,29+,33-,34-,35+,36+,37-,38-/m1/s1. The molecule has 0 aliphatic carbocycles. The lowest BCUT2D eigenvalue weighted by atomic mass is 9.98. The van der Waals surface area contributed by atoms with Crippen molar-refractivity contribution in [1.29, 1.82) is 0 Å². The van der Waals surface area contributed by atoms with Gasteiger partial charge in [0.15, 0.2) is 6.04 Å². The van der Waals surface area contributed by atoms with E-state index in [1.54, 1.807) is 13.8 Å². The minimum atomic E-state index is -2.10. The first-order valence-corrected chi connectivity index (χ1v) is 20.9. The summed E-state index contributed by atoms with van der Waals surface area (Å²) in [5.74, 6) is -10.1.